The van der Waals surface area contributed by atoms with Gasteiger partial charge in [0, 0.05) is 18.0 Å². The fourth-order valence-corrected chi connectivity index (χ4v) is 3.49. The first-order valence-electron chi connectivity index (χ1n) is 7.59. The maximum Gasteiger partial charge on any atom is 0.261 e. The van der Waals surface area contributed by atoms with Crippen LogP contribution in [0.3, 0.4) is 0 Å². The molecule has 4 heteroatoms. The van der Waals surface area contributed by atoms with Crippen molar-refractivity contribution >= 4 is 17.2 Å². The first-order valence-corrected chi connectivity index (χ1v) is 8.41. The van der Waals surface area contributed by atoms with Crippen LogP contribution in [0.2, 0.25) is 0 Å². The van der Waals surface area contributed by atoms with E-state index < -0.39 is 0 Å². The largest absolute Gasteiger partial charge is 0.347 e. The summed E-state index contributed by atoms with van der Waals surface area (Å²) < 4.78 is 0. The maximum absolute atomic E-state index is 12.3. The first-order chi connectivity index (χ1) is 10.5. The Bertz CT molecular complexity index is 646. The molecule has 1 N–H and O–H groups in total. The summed E-state index contributed by atoms with van der Waals surface area (Å²) in [5, 5.41) is 3.02. The van der Waals surface area contributed by atoms with Gasteiger partial charge in [-0.25, -0.2) is 0 Å². The molecule has 0 aliphatic heterocycles. The van der Waals surface area contributed by atoms with Crippen LogP contribution in [0, 0.1) is 6.92 Å². The molecule has 2 aromatic rings. The molecule has 0 bridgehead atoms. The Morgan fingerprint density at radius 2 is 1.95 bits per heavy atom. The molecule has 1 heterocycles. The second kappa shape index (κ2) is 7.56. The van der Waals surface area contributed by atoms with Crippen molar-refractivity contribution in [3.8, 4) is 0 Å². The molecule has 0 radical (unpaired) electrons. The third-order valence-corrected chi connectivity index (χ3v) is 4.89. The van der Waals surface area contributed by atoms with Crippen molar-refractivity contribution in [1.29, 1.82) is 0 Å². The Morgan fingerprint density at radius 1 is 1.23 bits per heavy atom. The minimum absolute atomic E-state index is 0.0193. The zero-order valence-corrected chi connectivity index (χ0v) is 14.6. The lowest BCUT2D eigenvalue weighted by atomic mass is 10.1. The van der Waals surface area contributed by atoms with Gasteiger partial charge in [0.15, 0.2) is 0 Å². The third kappa shape index (κ3) is 4.42. The first kappa shape index (κ1) is 16.7. The van der Waals surface area contributed by atoms with E-state index in [1.54, 1.807) is 11.3 Å². The summed E-state index contributed by atoms with van der Waals surface area (Å²) in [4.78, 5) is 16.5. The molecule has 1 amide bonds. The van der Waals surface area contributed by atoms with Crippen molar-refractivity contribution < 1.29 is 4.79 Å². The van der Waals surface area contributed by atoms with E-state index in [2.05, 4.69) is 56.4 Å². The minimum Gasteiger partial charge on any atom is -0.347 e. The normalized spacial score (nSPS) is 11.0. The van der Waals surface area contributed by atoms with E-state index in [1.165, 1.54) is 16.0 Å². The van der Waals surface area contributed by atoms with Crippen molar-refractivity contribution in [2.24, 2.45) is 0 Å². The second-order valence-electron chi connectivity index (χ2n) is 5.81. The molecule has 3 nitrogen and oxygen atoms in total. The highest BCUT2D eigenvalue weighted by Gasteiger charge is 2.11. The van der Waals surface area contributed by atoms with Gasteiger partial charge in [0.1, 0.15) is 0 Å². The van der Waals surface area contributed by atoms with Crippen LogP contribution in [0.4, 0.5) is 0 Å². The van der Waals surface area contributed by atoms with Crippen LogP contribution in [0.1, 0.15) is 38.2 Å². The molecular weight excluding hydrogens is 292 g/mol. The Hall–Kier alpha value is -1.65. The van der Waals surface area contributed by atoms with Crippen LogP contribution in [0.15, 0.2) is 30.3 Å². The van der Waals surface area contributed by atoms with Crippen LogP contribution >= 0.6 is 11.3 Å². The lowest BCUT2D eigenvalue weighted by Gasteiger charge is -2.11. The monoisotopic (exact) mass is 316 g/mol. The summed E-state index contributed by atoms with van der Waals surface area (Å²) in [6, 6.07) is 10.3. The zero-order valence-electron chi connectivity index (χ0n) is 13.8. The van der Waals surface area contributed by atoms with E-state index in [1.807, 2.05) is 12.1 Å². The quantitative estimate of drug-likeness (QED) is 0.883. The number of hydrogen-bond acceptors (Lipinski definition) is 3. The average Bonchev–Trinajstić information content (AvgIpc) is 2.85. The predicted molar refractivity (Wildman–Crippen MR) is 93.4 cm³/mol. The lowest BCUT2D eigenvalue weighted by molar-refractivity contribution is 0.0955. The topological polar surface area (TPSA) is 32.3 Å². The number of nitrogens with zero attached hydrogens (tertiary/aromatic N) is 1. The smallest absolute Gasteiger partial charge is 0.261 e. The fourth-order valence-electron chi connectivity index (χ4n) is 2.46. The van der Waals surface area contributed by atoms with Gasteiger partial charge in [0.2, 0.25) is 0 Å². The predicted octanol–water partition coefficient (Wildman–Crippen LogP) is 3.61. The molecule has 1 aromatic carbocycles. The van der Waals surface area contributed by atoms with E-state index in [-0.39, 0.29) is 5.91 Å². The molecule has 0 saturated heterocycles. The van der Waals surface area contributed by atoms with Gasteiger partial charge in [-0.05, 0) is 50.2 Å². The SMILES string of the molecule is CCc1sc(C(=O)NCc2cccc(CN(C)C)c2)cc1C. The van der Waals surface area contributed by atoms with Crippen LogP contribution in [-0.4, -0.2) is 24.9 Å². The number of carbonyl (C=O) groups is 1. The van der Waals surface area contributed by atoms with E-state index >= 15 is 0 Å². The van der Waals surface area contributed by atoms with E-state index in [9.17, 15) is 4.79 Å². The van der Waals surface area contributed by atoms with Crippen LogP contribution < -0.4 is 5.32 Å². The third-order valence-electron chi connectivity index (χ3n) is 3.51. The van der Waals surface area contributed by atoms with E-state index in [0.717, 1.165) is 23.4 Å². The summed E-state index contributed by atoms with van der Waals surface area (Å²) >= 11 is 1.60. The van der Waals surface area contributed by atoms with Gasteiger partial charge in [-0.2, -0.15) is 0 Å². The maximum atomic E-state index is 12.3. The average molecular weight is 316 g/mol. The molecule has 0 aliphatic carbocycles. The van der Waals surface area contributed by atoms with Crippen LogP contribution in [0.25, 0.3) is 0 Å². The number of nitrogens with one attached hydrogen (secondary N) is 1. The molecular formula is C18H24N2OS. The molecule has 0 unspecified atom stereocenters. The Balaban J connectivity index is 1.98. The Labute approximate surface area is 137 Å². The highest BCUT2D eigenvalue weighted by molar-refractivity contribution is 7.14. The summed E-state index contributed by atoms with van der Waals surface area (Å²) in [5.41, 5.74) is 3.61. The van der Waals surface area contributed by atoms with Crippen molar-refractivity contribution in [2.75, 3.05) is 14.1 Å². The zero-order chi connectivity index (χ0) is 16.1. The van der Waals surface area contributed by atoms with Crippen LogP contribution in [-0.2, 0) is 19.5 Å². The minimum atomic E-state index is 0.0193. The van der Waals surface area contributed by atoms with Crippen molar-refractivity contribution in [1.82, 2.24) is 10.2 Å². The van der Waals surface area contributed by atoms with Gasteiger partial charge in [-0.3, -0.25) is 4.79 Å². The number of benzene rings is 1. The Kier molecular flexibility index (Phi) is 5.75. The van der Waals surface area contributed by atoms with E-state index in [4.69, 9.17) is 0 Å². The number of thiophene rings is 1. The van der Waals surface area contributed by atoms with Crippen molar-refractivity contribution in [2.45, 2.75) is 33.4 Å². The van der Waals surface area contributed by atoms with Crippen LogP contribution in [0.5, 0.6) is 0 Å². The molecule has 0 atom stereocenters. The van der Waals surface area contributed by atoms with Gasteiger partial charge < -0.3 is 10.2 Å². The molecule has 0 fully saturated rings. The summed E-state index contributed by atoms with van der Waals surface area (Å²) in [6.45, 7) is 5.66. The Morgan fingerprint density at radius 3 is 2.59 bits per heavy atom. The molecule has 22 heavy (non-hydrogen) atoms. The number of hydrogen-bond donors (Lipinski definition) is 1. The summed E-state index contributed by atoms with van der Waals surface area (Å²) in [6.07, 6.45) is 0.983. The second-order valence-corrected chi connectivity index (χ2v) is 6.95. The van der Waals surface area contributed by atoms with Crippen molar-refractivity contribution in [3.63, 3.8) is 0 Å². The van der Waals surface area contributed by atoms with Crippen molar-refractivity contribution in [3.05, 3.63) is 56.8 Å². The van der Waals surface area contributed by atoms with Gasteiger partial charge in [-0.1, -0.05) is 31.2 Å². The summed E-state index contributed by atoms with van der Waals surface area (Å²) in [5.74, 6) is 0.0193. The highest BCUT2D eigenvalue weighted by atomic mass is 32.1. The molecule has 0 saturated carbocycles. The van der Waals surface area contributed by atoms with Gasteiger partial charge in [-0.15, -0.1) is 11.3 Å². The molecule has 2 rings (SSSR count). The van der Waals surface area contributed by atoms with E-state index in [0.29, 0.717) is 6.54 Å². The molecule has 0 spiro atoms. The highest BCUT2D eigenvalue weighted by Crippen LogP contribution is 2.22. The molecule has 118 valence electrons. The van der Waals surface area contributed by atoms with Gasteiger partial charge in [0.25, 0.3) is 5.91 Å². The fraction of sp³-hybridized carbons (Fsp3) is 0.389. The molecule has 0 aliphatic rings. The van der Waals surface area contributed by atoms with Gasteiger partial charge >= 0.3 is 0 Å². The standard InChI is InChI=1S/C18H24N2OS/c1-5-16-13(2)9-17(22-16)18(21)19-11-14-7-6-8-15(10-14)12-20(3)4/h6-10H,5,11-12H2,1-4H3,(H,19,21). The number of amides is 1. The van der Waals surface area contributed by atoms with Gasteiger partial charge in [0.05, 0.1) is 4.88 Å². The number of carbonyl (C=O) groups excluding carboxylic acids is 1. The molecule has 1 aromatic heterocycles. The lowest BCUT2D eigenvalue weighted by Crippen LogP contribution is -2.22. The number of aryl methyl sites for hydroxylation is 2. The number of rotatable bonds is 6. The summed E-state index contributed by atoms with van der Waals surface area (Å²) in [7, 11) is 4.11.